The van der Waals surface area contributed by atoms with Crippen LogP contribution in [0.5, 0.6) is 0 Å². The molecule has 1 saturated heterocycles. The monoisotopic (exact) mass is 337 g/mol. The number of anilines is 2. The molecule has 0 saturated carbocycles. The summed E-state index contributed by atoms with van der Waals surface area (Å²) in [6.45, 7) is 4.46. The van der Waals surface area contributed by atoms with E-state index in [-0.39, 0.29) is 5.91 Å². The van der Waals surface area contributed by atoms with Crippen LogP contribution in [0.25, 0.3) is 5.65 Å². The highest BCUT2D eigenvalue weighted by molar-refractivity contribution is 5.94. The summed E-state index contributed by atoms with van der Waals surface area (Å²) in [6, 6.07) is 5.64. The Bertz CT molecular complexity index is 897. The van der Waals surface area contributed by atoms with Crippen molar-refractivity contribution in [1.29, 1.82) is 0 Å². The molecule has 7 nitrogen and oxygen atoms in total. The summed E-state index contributed by atoms with van der Waals surface area (Å²) in [6.07, 6.45) is 7.30. The van der Waals surface area contributed by atoms with Crippen LogP contribution in [0, 0.1) is 6.92 Å². The highest BCUT2D eigenvalue weighted by atomic mass is 16.5. The van der Waals surface area contributed by atoms with E-state index >= 15 is 0 Å². The van der Waals surface area contributed by atoms with Gasteiger partial charge in [0.15, 0.2) is 5.65 Å². The van der Waals surface area contributed by atoms with Crippen molar-refractivity contribution in [3.63, 3.8) is 0 Å². The number of hydrogen-bond donors (Lipinski definition) is 1. The Morgan fingerprint density at radius 1 is 1.24 bits per heavy atom. The van der Waals surface area contributed by atoms with Gasteiger partial charge in [-0.05, 0) is 30.7 Å². The Morgan fingerprint density at radius 2 is 2.08 bits per heavy atom. The second-order valence-electron chi connectivity index (χ2n) is 6.05. The summed E-state index contributed by atoms with van der Waals surface area (Å²) in [5, 5.41) is 3.28. The average Bonchev–Trinajstić information content (AvgIpc) is 3.11. The van der Waals surface area contributed by atoms with Gasteiger partial charge in [-0.15, -0.1) is 0 Å². The van der Waals surface area contributed by atoms with Crippen LogP contribution >= 0.6 is 0 Å². The Hall–Kier alpha value is -2.93. The van der Waals surface area contributed by atoms with Gasteiger partial charge in [-0.2, -0.15) is 0 Å². The normalized spacial score (nSPS) is 14.7. The lowest BCUT2D eigenvalue weighted by molar-refractivity contribution is 0.0302. The molecule has 128 valence electrons. The fraction of sp³-hybridized carbons (Fsp3) is 0.278. The maximum absolute atomic E-state index is 12.5. The minimum absolute atomic E-state index is 0.00597. The lowest BCUT2D eigenvalue weighted by Gasteiger charge is -2.26. The molecule has 4 heterocycles. The van der Waals surface area contributed by atoms with Gasteiger partial charge in [-0.3, -0.25) is 4.79 Å². The summed E-state index contributed by atoms with van der Waals surface area (Å²) < 4.78 is 7.25. The van der Waals surface area contributed by atoms with E-state index in [2.05, 4.69) is 15.3 Å². The standard InChI is InChI=1S/C18H19N5O2/c1-13-10-15(17-19-4-5-23(17)12-13)21-16-3-2-14(11-20-16)18(24)22-6-8-25-9-7-22/h2-5,10-12H,6-9H2,1H3,(H,20,21). The molecule has 25 heavy (non-hydrogen) atoms. The van der Waals surface area contributed by atoms with Gasteiger partial charge in [0.25, 0.3) is 5.91 Å². The molecule has 0 radical (unpaired) electrons. The van der Waals surface area contributed by atoms with E-state index in [1.54, 1.807) is 23.4 Å². The molecule has 1 N–H and O–H groups in total. The van der Waals surface area contributed by atoms with E-state index in [4.69, 9.17) is 4.74 Å². The number of morpholine rings is 1. The number of amides is 1. The average molecular weight is 337 g/mol. The topological polar surface area (TPSA) is 71.8 Å². The number of carbonyl (C=O) groups is 1. The van der Waals surface area contributed by atoms with Crippen LogP contribution in [0.2, 0.25) is 0 Å². The summed E-state index contributed by atoms with van der Waals surface area (Å²) in [4.78, 5) is 23.0. The fourth-order valence-corrected chi connectivity index (χ4v) is 2.95. The Labute approximate surface area is 145 Å². The van der Waals surface area contributed by atoms with Crippen molar-refractivity contribution >= 4 is 23.1 Å². The van der Waals surface area contributed by atoms with Crippen molar-refractivity contribution < 1.29 is 9.53 Å². The van der Waals surface area contributed by atoms with Crippen LogP contribution in [0.3, 0.4) is 0 Å². The number of fused-ring (bicyclic) bond motifs is 1. The van der Waals surface area contributed by atoms with Gasteiger partial charge in [-0.25, -0.2) is 9.97 Å². The molecular formula is C18H19N5O2. The highest BCUT2D eigenvalue weighted by Gasteiger charge is 2.18. The zero-order valence-electron chi connectivity index (χ0n) is 14.0. The molecule has 4 rings (SSSR count). The van der Waals surface area contributed by atoms with Gasteiger partial charge in [0.05, 0.1) is 24.5 Å². The minimum atomic E-state index is -0.00597. The zero-order valence-corrected chi connectivity index (χ0v) is 14.0. The van der Waals surface area contributed by atoms with Crippen LogP contribution in [0.1, 0.15) is 15.9 Å². The number of hydrogen-bond acceptors (Lipinski definition) is 5. The van der Waals surface area contributed by atoms with Crippen LogP contribution in [-0.2, 0) is 4.74 Å². The van der Waals surface area contributed by atoms with E-state index in [1.807, 2.05) is 35.9 Å². The van der Waals surface area contributed by atoms with Gasteiger partial charge < -0.3 is 19.4 Å². The van der Waals surface area contributed by atoms with Crippen molar-refractivity contribution in [1.82, 2.24) is 19.3 Å². The maximum atomic E-state index is 12.5. The Morgan fingerprint density at radius 3 is 2.84 bits per heavy atom. The van der Waals surface area contributed by atoms with Gasteiger partial charge in [0.2, 0.25) is 0 Å². The predicted octanol–water partition coefficient (Wildman–Crippen LogP) is 2.25. The molecule has 7 heteroatoms. The van der Waals surface area contributed by atoms with Crippen molar-refractivity contribution in [3.05, 3.63) is 54.1 Å². The number of nitrogens with zero attached hydrogens (tertiary/aromatic N) is 4. The first kappa shape index (κ1) is 15.6. The number of aryl methyl sites for hydroxylation is 1. The fourth-order valence-electron chi connectivity index (χ4n) is 2.95. The van der Waals surface area contributed by atoms with Gasteiger partial charge in [-0.1, -0.05) is 0 Å². The van der Waals surface area contributed by atoms with E-state index in [0.717, 1.165) is 16.9 Å². The summed E-state index contributed by atoms with van der Waals surface area (Å²) in [5.74, 6) is 0.669. The van der Waals surface area contributed by atoms with Gasteiger partial charge >= 0.3 is 0 Å². The second kappa shape index (κ2) is 6.52. The summed E-state index contributed by atoms with van der Waals surface area (Å²) in [5.41, 5.74) is 3.42. The molecule has 0 aliphatic carbocycles. The molecule has 0 aromatic carbocycles. The Kier molecular flexibility index (Phi) is 4.07. The third-order valence-corrected chi connectivity index (χ3v) is 4.20. The molecule has 1 fully saturated rings. The smallest absolute Gasteiger partial charge is 0.255 e. The number of rotatable bonds is 3. The number of imidazole rings is 1. The van der Waals surface area contributed by atoms with E-state index in [1.165, 1.54) is 0 Å². The van der Waals surface area contributed by atoms with Crippen molar-refractivity contribution in [2.45, 2.75) is 6.92 Å². The molecule has 0 unspecified atom stereocenters. The largest absolute Gasteiger partial charge is 0.378 e. The summed E-state index contributed by atoms with van der Waals surface area (Å²) in [7, 11) is 0. The second-order valence-corrected chi connectivity index (χ2v) is 6.05. The number of aromatic nitrogens is 3. The molecule has 1 aliphatic rings. The number of nitrogens with one attached hydrogen (secondary N) is 1. The number of carbonyl (C=O) groups excluding carboxylic acids is 1. The van der Waals surface area contributed by atoms with E-state index in [0.29, 0.717) is 37.7 Å². The third kappa shape index (κ3) is 3.18. The minimum Gasteiger partial charge on any atom is -0.378 e. The quantitative estimate of drug-likeness (QED) is 0.794. The van der Waals surface area contributed by atoms with E-state index in [9.17, 15) is 4.79 Å². The molecule has 1 aliphatic heterocycles. The number of pyridine rings is 2. The molecule has 0 atom stereocenters. The first-order valence-corrected chi connectivity index (χ1v) is 8.24. The molecule has 3 aromatic heterocycles. The third-order valence-electron chi connectivity index (χ3n) is 4.20. The van der Waals surface area contributed by atoms with Crippen LogP contribution in [-0.4, -0.2) is 51.5 Å². The first-order valence-electron chi connectivity index (χ1n) is 8.24. The van der Waals surface area contributed by atoms with Crippen LogP contribution in [0.15, 0.2) is 43.0 Å². The van der Waals surface area contributed by atoms with E-state index < -0.39 is 0 Å². The maximum Gasteiger partial charge on any atom is 0.255 e. The lowest BCUT2D eigenvalue weighted by atomic mass is 10.2. The van der Waals surface area contributed by atoms with Gasteiger partial charge in [0, 0.05) is 37.9 Å². The van der Waals surface area contributed by atoms with Gasteiger partial charge in [0.1, 0.15) is 5.82 Å². The van der Waals surface area contributed by atoms with Crippen LogP contribution < -0.4 is 5.32 Å². The first-order chi connectivity index (χ1) is 12.2. The Balaban J connectivity index is 1.54. The predicted molar refractivity (Wildman–Crippen MR) is 94.2 cm³/mol. The molecular weight excluding hydrogens is 318 g/mol. The SMILES string of the molecule is Cc1cc(Nc2ccc(C(=O)N3CCOCC3)cn2)c2nccn2c1. The molecule has 0 spiro atoms. The van der Waals surface area contributed by atoms with Crippen molar-refractivity contribution in [2.75, 3.05) is 31.6 Å². The zero-order chi connectivity index (χ0) is 17.2. The van der Waals surface area contributed by atoms with Crippen LogP contribution in [0.4, 0.5) is 11.5 Å². The number of ether oxygens (including phenoxy) is 1. The summed E-state index contributed by atoms with van der Waals surface area (Å²) >= 11 is 0. The van der Waals surface area contributed by atoms with Crippen molar-refractivity contribution in [2.24, 2.45) is 0 Å². The van der Waals surface area contributed by atoms with Crippen molar-refractivity contribution in [3.8, 4) is 0 Å². The lowest BCUT2D eigenvalue weighted by Crippen LogP contribution is -2.40. The molecule has 3 aromatic rings. The highest BCUT2D eigenvalue weighted by Crippen LogP contribution is 2.21. The molecule has 1 amide bonds. The molecule has 0 bridgehead atoms.